The molecule has 0 radical (unpaired) electrons. The molecule has 0 saturated carbocycles. The summed E-state index contributed by atoms with van der Waals surface area (Å²) in [6.07, 6.45) is -5.98. The molecule has 8 heteroatoms. The molecule has 0 aliphatic heterocycles. The van der Waals surface area contributed by atoms with E-state index >= 15 is 0 Å². The van der Waals surface area contributed by atoms with Crippen LogP contribution >= 0.6 is 0 Å². The van der Waals surface area contributed by atoms with E-state index in [-0.39, 0.29) is 5.69 Å². The lowest BCUT2D eigenvalue weighted by atomic mass is 10.2. The Morgan fingerprint density at radius 1 is 1.45 bits per heavy atom. The fraction of sp³-hybridized carbons (Fsp3) is 0.500. The van der Waals surface area contributed by atoms with E-state index < -0.39 is 28.6 Å². The molecule has 1 unspecified atom stereocenters. The van der Waals surface area contributed by atoms with E-state index in [0.717, 1.165) is 19.4 Å². The number of ether oxygens (including phenoxy) is 1. The number of nitrogens with one attached hydrogen (secondary N) is 1. The summed E-state index contributed by atoms with van der Waals surface area (Å²) in [5, 5.41) is 13.8. The van der Waals surface area contributed by atoms with Crippen molar-refractivity contribution in [3.63, 3.8) is 0 Å². The molecule has 0 amide bonds. The zero-order valence-corrected chi connectivity index (χ0v) is 11.0. The number of nitrogens with zero attached hydrogens (tertiary/aromatic N) is 1. The summed E-state index contributed by atoms with van der Waals surface area (Å²) in [7, 11) is 0. The number of hydrogen-bond acceptors (Lipinski definition) is 4. The Morgan fingerprint density at radius 3 is 2.60 bits per heavy atom. The topological polar surface area (TPSA) is 64.4 Å². The van der Waals surface area contributed by atoms with Crippen LogP contribution in [0.5, 0.6) is 5.75 Å². The van der Waals surface area contributed by atoms with Gasteiger partial charge in [0.1, 0.15) is 5.69 Å². The predicted octanol–water partition coefficient (Wildman–Crippen LogP) is 3.75. The van der Waals surface area contributed by atoms with Crippen LogP contribution in [0.15, 0.2) is 18.2 Å². The third kappa shape index (κ3) is 4.01. The van der Waals surface area contributed by atoms with Crippen molar-refractivity contribution < 1.29 is 22.8 Å². The molecule has 1 N–H and O–H groups in total. The lowest BCUT2D eigenvalue weighted by Gasteiger charge is -2.18. The Kier molecular flexibility index (Phi) is 5.18. The molecule has 1 rings (SSSR count). The molecule has 0 aliphatic carbocycles. The quantitative estimate of drug-likeness (QED) is 0.640. The van der Waals surface area contributed by atoms with E-state index in [2.05, 4.69) is 10.1 Å². The van der Waals surface area contributed by atoms with Crippen LogP contribution in [0.4, 0.5) is 24.5 Å². The van der Waals surface area contributed by atoms with Crippen molar-refractivity contribution in [2.24, 2.45) is 0 Å². The van der Waals surface area contributed by atoms with E-state index in [9.17, 15) is 23.3 Å². The number of para-hydroxylation sites is 1. The van der Waals surface area contributed by atoms with Crippen molar-refractivity contribution >= 4 is 11.4 Å². The third-order valence-corrected chi connectivity index (χ3v) is 2.51. The molecule has 20 heavy (non-hydrogen) atoms. The van der Waals surface area contributed by atoms with E-state index in [1.807, 2.05) is 6.92 Å². The molecule has 1 aromatic rings. The third-order valence-electron chi connectivity index (χ3n) is 2.51. The Labute approximate surface area is 113 Å². The summed E-state index contributed by atoms with van der Waals surface area (Å²) in [6, 6.07) is 3.99. The lowest BCUT2D eigenvalue weighted by Crippen LogP contribution is -2.31. The van der Waals surface area contributed by atoms with Gasteiger partial charge in [-0.15, -0.1) is 0 Å². The SMILES string of the molecule is CCCNc1cccc(OC(C)C(F)(F)F)c1[N+](=O)[O-]. The first-order valence-electron chi connectivity index (χ1n) is 6.02. The van der Waals surface area contributed by atoms with Crippen LogP contribution in [-0.4, -0.2) is 23.7 Å². The van der Waals surface area contributed by atoms with Crippen molar-refractivity contribution in [2.45, 2.75) is 32.5 Å². The highest BCUT2D eigenvalue weighted by molar-refractivity contribution is 5.68. The molecule has 5 nitrogen and oxygen atoms in total. The van der Waals surface area contributed by atoms with Crippen LogP contribution < -0.4 is 10.1 Å². The summed E-state index contributed by atoms with van der Waals surface area (Å²) >= 11 is 0. The normalized spacial score (nSPS) is 12.8. The number of hydrogen-bond donors (Lipinski definition) is 1. The van der Waals surface area contributed by atoms with E-state index in [0.29, 0.717) is 6.54 Å². The number of anilines is 1. The smallest absolute Gasteiger partial charge is 0.425 e. The zero-order chi connectivity index (χ0) is 15.3. The predicted molar refractivity (Wildman–Crippen MR) is 68.0 cm³/mol. The van der Waals surface area contributed by atoms with Gasteiger partial charge < -0.3 is 10.1 Å². The number of alkyl halides is 3. The number of nitro benzene ring substituents is 1. The van der Waals surface area contributed by atoms with Crippen LogP contribution in [0.3, 0.4) is 0 Å². The Morgan fingerprint density at radius 2 is 2.10 bits per heavy atom. The standard InChI is InChI=1S/C12H15F3N2O3/c1-3-7-16-9-5-4-6-10(11(9)17(18)19)20-8(2)12(13,14)15/h4-6,8,16H,3,7H2,1-2H3. The largest absolute Gasteiger partial charge is 0.474 e. The van der Waals surface area contributed by atoms with Gasteiger partial charge in [0.25, 0.3) is 0 Å². The minimum atomic E-state index is -4.58. The minimum Gasteiger partial charge on any atom is -0.474 e. The molecule has 0 fully saturated rings. The molecule has 0 saturated heterocycles. The fourth-order valence-electron chi connectivity index (χ4n) is 1.47. The molecule has 1 aromatic carbocycles. The Hall–Kier alpha value is -1.99. The first-order chi connectivity index (χ1) is 9.27. The Balaban J connectivity index is 3.09. The summed E-state index contributed by atoms with van der Waals surface area (Å²) in [5.41, 5.74) is -0.347. The summed E-state index contributed by atoms with van der Waals surface area (Å²) in [4.78, 5) is 10.3. The van der Waals surface area contributed by atoms with E-state index in [1.54, 1.807) is 0 Å². The average Bonchev–Trinajstić information content (AvgIpc) is 2.34. The van der Waals surface area contributed by atoms with Crippen LogP contribution in [0.25, 0.3) is 0 Å². The van der Waals surface area contributed by atoms with Gasteiger partial charge in [0.15, 0.2) is 11.9 Å². The molecular weight excluding hydrogens is 277 g/mol. The summed E-state index contributed by atoms with van der Waals surface area (Å²) < 4.78 is 42.1. The highest BCUT2D eigenvalue weighted by atomic mass is 19.4. The van der Waals surface area contributed by atoms with E-state index in [4.69, 9.17) is 0 Å². The van der Waals surface area contributed by atoms with Gasteiger partial charge in [-0.05, 0) is 25.5 Å². The van der Waals surface area contributed by atoms with Gasteiger partial charge in [-0.1, -0.05) is 13.0 Å². The Bertz CT molecular complexity index is 478. The molecule has 0 spiro atoms. The number of benzene rings is 1. The zero-order valence-electron chi connectivity index (χ0n) is 11.0. The average molecular weight is 292 g/mol. The van der Waals surface area contributed by atoms with Gasteiger partial charge in [0.2, 0.25) is 0 Å². The maximum absolute atomic E-state index is 12.5. The van der Waals surface area contributed by atoms with Crippen molar-refractivity contribution in [1.29, 1.82) is 0 Å². The van der Waals surface area contributed by atoms with Crippen molar-refractivity contribution in [2.75, 3.05) is 11.9 Å². The highest BCUT2D eigenvalue weighted by Gasteiger charge is 2.39. The molecule has 112 valence electrons. The highest BCUT2D eigenvalue weighted by Crippen LogP contribution is 2.37. The monoisotopic (exact) mass is 292 g/mol. The number of rotatable bonds is 6. The van der Waals surface area contributed by atoms with Crippen molar-refractivity contribution in [3.05, 3.63) is 28.3 Å². The van der Waals surface area contributed by atoms with Gasteiger partial charge in [-0.3, -0.25) is 10.1 Å². The number of halogens is 3. The minimum absolute atomic E-state index is 0.142. The van der Waals surface area contributed by atoms with Gasteiger partial charge >= 0.3 is 11.9 Å². The first kappa shape index (κ1) is 16.1. The molecule has 1 atom stereocenters. The van der Waals surface area contributed by atoms with E-state index in [1.165, 1.54) is 12.1 Å². The van der Waals surface area contributed by atoms with Crippen LogP contribution in [-0.2, 0) is 0 Å². The maximum atomic E-state index is 12.5. The molecule has 0 bridgehead atoms. The second-order valence-corrected chi connectivity index (χ2v) is 4.14. The maximum Gasteiger partial charge on any atom is 0.425 e. The summed E-state index contributed by atoms with van der Waals surface area (Å²) in [6.45, 7) is 3.14. The number of nitro groups is 1. The van der Waals surface area contributed by atoms with Crippen molar-refractivity contribution in [1.82, 2.24) is 0 Å². The van der Waals surface area contributed by atoms with Crippen LogP contribution in [0, 0.1) is 10.1 Å². The molecule has 0 aliphatic rings. The van der Waals surface area contributed by atoms with Gasteiger partial charge in [0, 0.05) is 6.54 Å². The van der Waals surface area contributed by atoms with Gasteiger partial charge in [0.05, 0.1) is 4.92 Å². The van der Waals surface area contributed by atoms with Crippen LogP contribution in [0.2, 0.25) is 0 Å². The first-order valence-corrected chi connectivity index (χ1v) is 6.02. The van der Waals surface area contributed by atoms with Crippen molar-refractivity contribution in [3.8, 4) is 5.75 Å². The molecular formula is C12H15F3N2O3. The van der Waals surface area contributed by atoms with Gasteiger partial charge in [-0.2, -0.15) is 13.2 Å². The lowest BCUT2D eigenvalue weighted by molar-refractivity contribution is -0.385. The van der Waals surface area contributed by atoms with Crippen LogP contribution in [0.1, 0.15) is 20.3 Å². The molecule has 0 heterocycles. The second-order valence-electron chi connectivity index (χ2n) is 4.14. The fourth-order valence-corrected chi connectivity index (χ4v) is 1.47. The van der Waals surface area contributed by atoms with Gasteiger partial charge in [-0.25, -0.2) is 0 Å². The second kappa shape index (κ2) is 6.44. The summed E-state index contributed by atoms with van der Waals surface area (Å²) in [5.74, 6) is -0.402. The molecule has 0 aromatic heterocycles.